The predicted molar refractivity (Wildman–Crippen MR) is 82.3 cm³/mol. The molecule has 98 valence electrons. The van der Waals surface area contributed by atoms with Gasteiger partial charge in [0.25, 0.3) is 5.91 Å². The minimum absolute atomic E-state index is 0.148. The summed E-state index contributed by atoms with van der Waals surface area (Å²) in [5.74, 6) is -0.148. The van der Waals surface area contributed by atoms with E-state index >= 15 is 0 Å². The third-order valence-corrected chi connectivity index (χ3v) is 3.57. The number of carbonyl (C=O) groups is 1. The molecule has 0 radical (unpaired) electrons. The summed E-state index contributed by atoms with van der Waals surface area (Å²) in [5, 5.41) is 2.86. The van der Waals surface area contributed by atoms with Crippen LogP contribution in [0, 0.1) is 0 Å². The molecular weight excluding hydrogens is 304 g/mol. The number of carbonyl (C=O) groups excluding carboxylic acids is 1. The van der Waals surface area contributed by atoms with E-state index in [1.807, 2.05) is 24.3 Å². The lowest BCUT2D eigenvalue weighted by Crippen LogP contribution is -2.12. The van der Waals surface area contributed by atoms with E-state index < -0.39 is 0 Å². The predicted octanol–water partition coefficient (Wildman–Crippen LogP) is 3.85. The first-order valence-electron chi connectivity index (χ1n) is 6.05. The molecule has 2 aromatic carbocycles. The number of anilines is 2. The Morgan fingerprint density at radius 3 is 2.47 bits per heavy atom. The molecular formula is C15H15BrN2O. The summed E-state index contributed by atoms with van der Waals surface area (Å²) in [4.78, 5) is 12.1. The molecule has 0 saturated carbocycles. The maximum Gasteiger partial charge on any atom is 0.255 e. The summed E-state index contributed by atoms with van der Waals surface area (Å²) in [6.45, 7) is 2.10. The maximum atomic E-state index is 12.1. The highest BCUT2D eigenvalue weighted by Gasteiger charge is 2.07. The number of rotatable bonds is 3. The Bertz CT molecular complexity index is 594. The van der Waals surface area contributed by atoms with Crippen molar-refractivity contribution >= 4 is 33.2 Å². The largest absolute Gasteiger partial charge is 0.398 e. The van der Waals surface area contributed by atoms with Gasteiger partial charge in [0.05, 0.1) is 0 Å². The summed E-state index contributed by atoms with van der Waals surface area (Å²) in [6.07, 6.45) is 0.985. The van der Waals surface area contributed by atoms with Gasteiger partial charge in [0, 0.05) is 21.4 Å². The van der Waals surface area contributed by atoms with E-state index in [1.54, 1.807) is 18.2 Å². The number of hydrogen-bond donors (Lipinski definition) is 2. The van der Waals surface area contributed by atoms with Crippen molar-refractivity contribution in [3.8, 4) is 0 Å². The average Bonchev–Trinajstić information content (AvgIpc) is 2.42. The molecule has 0 bridgehead atoms. The van der Waals surface area contributed by atoms with E-state index in [4.69, 9.17) is 5.73 Å². The quantitative estimate of drug-likeness (QED) is 0.845. The first-order chi connectivity index (χ1) is 9.10. The molecule has 0 saturated heterocycles. The van der Waals surface area contributed by atoms with Crippen LogP contribution < -0.4 is 11.1 Å². The van der Waals surface area contributed by atoms with E-state index in [2.05, 4.69) is 28.2 Å². The molecule has 0 unspecified atom stereocenters. The number of benzene rings is 2. The minimum Gasteiger partial charge on any atom is -0.398 e. The van der Waals surface area contributed by atoms with Crippen LogP contribution in [0.1, 0.15) is 22.8 Å². The smallest absolute Gasteiger partial charge is 0.255 e. The number of nitrogens with one attached hydrogen (secondary N) is 1. The molecule has 1 amide bonds. The minimum atomic E-state index is -0.148. The summed E-state index contributed by atoms with van der Waals surface area (Å²) >= 11 is 3.31. The van der Waals surface area contributed by atoms with Crippen molar-refractivity contribution in [1.29, 1.82) is 0 Å². The van der Waals surface area contributed by atoms with Gasteiger partial charge in [-0.05, 0) is 58.2 Å². The van der Waals surface area contributed by atoms with Crippen molar-refractivity contribution in [2.75, 3.05) is 11.1 Å². The first kappa shape index (κ1) is 13.6. The number of nitrogens with two attached hydrogens (primary N) is 1. The number of amides is 1. The van der Waals surface area contributed by atoms with Gasteiger partial charge in [0.15, 0.2) is 0 Å². The van der Waals surface area contributed by atoms with Gasteiger partial charge in [-0.2, -0.15) is 0 Å². The molecule has 2 aromatic rings. The summed E-state index contributed by atoms with van der Waals surface area (Å²) in [5.41, 5.74) is 8.91. The van der Waals surface area contributed by atoms with Crippen LogP contribution in [0.2, 0.25) is 0 Å². The highest BCUT2D eigenvalue weighted by molar-refractivity contribution is 9.10. The van der Waals surface area contributed by atoms with Crippen molar-refractivity contribution in [2.24, 2.45) is 0 Å². The topological polar surface area (TPSA) is 55.1 Å². The molecule has 0 aliphatic heterocycles. The van der Waals surface area contributed by atoms with Crippen LogP contribution in [0.4, 0.5) is 11.4 Å². The Morgan fingerprint density at radius 2 is 1.89 bits per heavy atom. The van der Waals surface area contributed by atoms with Crippen LogP contribution in [-0.2, 0) is 6.42 Å². The fourth-order valence-electron chi connectivity index (χ4n) is 1.70. The van der Waals surface area contributed by atoms with Crippen LogP contribution in [0.5, 0.6) is 0 Å². The SMILES string of the molecule is CCc1ccc(NC(=O)c2ccc(N)c(Br)c2)cc1. The first-order valence-corrected chi connectivity index (χ1v) is 6.84. The average molecular weight is 319 g/mol. The molecule has 3 nitrogen and oxygen atoms in total. The number of nitrogen functional groups attached to an aromatic ring is 1. The van der Waals surface area contributed by atoms with Gasteiger partial charge in [-0.3, -0.25) is 4.79 Å². The van der Waals surface area contributed by atoms with Gasteiger partial charge in [-0.25, -0.2) is 0 Å². The van der Waals surface area contributed by atoms with E-state index in [0.717, 1.165) is 16.6 Å². The highest BCUT2D eigenvalue weighted by atomic mass is 79.9. The van der Waals surface area contributed by atoms with Gasteiger partial charge in [0.1, 0.15) is 0 Å². The Morgan fingerprint density at radius 1 is 1.21 bits per heavy atom. The van der Waals surface area contributed by atoms with Crippen molar-refractivity contribution in [3.05, 3.63) is 58.1 Å². The van der Waals surface area contributed by atoms with E-state index in [-0.39, 0.29) is 5.91 Å². The van der Waals surface area contributed by atoms with Crippen molar-refractivity contribution in [1.82, 2.24) is 0 Å². The second-order valence-corrected chi connectivity index (χ2v) is 5.10. The van der Waals surface area contributed by atoms with Gasteiger partial charge >= 0.3 is 0 Å². The number of hydrogen-bond acceptors (Lipinski definition) is 2. The maximum absolute atomic E-state index is 12.1. The van der Waals surface area contributed by atoms with E-state index in [0.29, 0.717) is 11.3 Å². The third kappa shape index (κ3) is 3.35. The van der Waals surface area contributed by atoms with E-state index in [1.165, 1.54) is 5.56 Å². The standard InChI is InChI=1S/C15H15BrN2O/c1-2-10-3-6-12(7-4-10)18-15(19)11-5-8-14(17)13(16)9-11/h3-9H,2,17H2,1H3,(H,18,19). The van der Waals surface area contributed by atoms with Gasteiger partial charge in [-0.15, -0.1) is 0 Å². The molecule has 0 aliphatic carbocycles. The van der Waals surface area contributed by atoms with Gasteiger partial charge in [-0.1, -0.05) is 19.1 Å². The van der Waals surface area contributed by atoms with Crippen LogP contribution in [0.15, 0.2) is 46.9 Å². The van der Waals surface area contributed by atoms with Crippen molar-refractivity contribution < 1.29 is 4.79 Å². The Hall–Kier alpha value is -1.81. The lowest BCUT2D eigenvalue weighted by atomic mass is 10.1. The lowest BCUT2D eigenvalue weighted by Gasteiger charge is -2.07. The third-order valence-electron chi connectivity index (χ3n) is 2.88. The lowest BCUT2D eigenvalue weighted by molar-refractivity contribution is 0.102. The van der Waals surface area contributed by atoms with Gasteiger partial charge in [0.2, 0.25) is 0 Å². The molecule has 19 heavy (non-hydrogen) atoms. The van der Waals surface area contributed by atoms with Crippen molar-refractivity contribution in [3.63, 3.8) is 0 Å². The highest BCUT2D eigenvalue weighted by Crippen LogP contribution is 2.21. The second kappa shape index (κ2) is 5.89. The fourth-order valence-corrected chi connectivity index (χ4v) is 2.07. The molecule has 3 N–H and O–H groups in total. The zero-order valence-electron chi connectivity index (χ0n) is 10.6. The van der Waals surface area contributed by atoms with E-state index in [9.17, 15) is 4.79 Å². The fraction of sp³-hybridized carbons (Fsp3) is 0.133. The van der Waals surface area contributed by atoms with Crippen molar-refractivity contribution in [2.45, 2.75) is 13.3 Å². The van der Waals surface area contributed by atoms with Crippen LogP contribution in [0.25, 0.3) is 0 Å². The molecule has 0 spiro atoms. The molecule has 0 atom stereocenters. The molecule has 2 rings (SSSR count). The molecule has 4 heteroatoms. The normalized spacial score (nSPS) is 10.2. The van der Waals surface area contributed by atoms with Crippen LogP contribution >= 0.6 is 15.9 Å². The summed E-state index contributed by atoms with van der Waals surface area (Å²) in [7, 11) is 0. The molecule has 0 aliphatic rings. The van der Waals surface area contributed by atoms with Crippen LogP contribution in [0.3, 0.4) is 0 Å². The monoisotopic (exact) mass is 318 g/mol. The summed E-state index contributed by atoms with van der Waals surface area (Å²) in [6, 6.07) is 13.0. The summed E-state index contributed by atoms with van der Waals surface area (Å²) < 4.78 is 0.724. The number of aryl methyl sites for hydroxylation is 1. The molecule has 0 heterocycles. The Labute approximate surface area is 121 Å². The second-order valence-electron chi connectivity index (χ2n) is 4.24. The van der Waals surface area contributed by atoms with Gasteiger partial charge < -0.3 is 11.1 Å². The zero-order chi connectivity index (χ0) is 13.8. The molecule has 0 fully saturated rings. The number of halogens is 1. The zero-order valence-corrected chi connectivity index (χ0v) is 12.2. The Balaban J connectivity index is 2.13. The van der Waals surface area contributed by atoms with Crippen LogP contribution in [-0.4, -0.2) is 5.91 Å². The Kier molecular flexibility index (Phi) is 4.22. The molecule has 0 aromatic heterocycles.